The number of rotatable bonds is 7. The van der Waals surface area contributed by atoms with Crippen molar-refractivity contribution in [2.75, 3.05) is 13.2 Å². The number of ether oxygens (including phenoxy) is 1. The van der Waals surface area contributed by atoms with Crippen LogP contribution in [0.25, 0.3) is 0 Å². The molecule has 1 heterocycles. The van der Waals surface area contributed by atoms with Crippen LogP contribution in [0.15, 0.2) is 30.7 Å². The van der Waals surface area contributed by atoms with Crippen LogP contribution in [0, 0.1) is 13.8 Å². The second kappa shape index (κ2) is 7.70. The summed E-state index contributed by atoms with van der Waals surface area (Å²) in [5.74, 6) is 0.520. The molecule has 0 saturated heterocycles. The van der Waals surface area contributed by atoms with Gasteiger partial charge in [-0.1, -0.05) is 12.1 Å². The Hall–Kier alpha value is -2.34. The number of amides is 1. The molecule has 6 heteroatoms. The summed E-state index contributed by atoms with van der Waals surface area (Å²) in [6.45, 7) is 8.00. The van der Waals surface area contributed by atoms with Crippen molar-refractivity contribution < 1.29 is 14.6 Å². The van der Waals surface area contributed by atoms with Crippen molar-refractivity contribution in [2.45, 2.75) is 39.8 Å². The fourth-order valence-corrected chi connectivity index (χ4v) is 2.64. The molecule has 1 aromatic carbocycles. The van der Waals surface area contributed by atoms with E-state index in [1.165, 1.54) is 0 Å². The molecule has 6 nitrogen and oxygen atoms in total. The fourth-order valence-electron chi connectivity index (χ4n) is 2.64. The third-order valence-corrected chi connectivity index (χ3v) is 4.36. The molecule has 0 aliphatic heterocycles. The fraction of sp³-hybridized carbons (Fsp3) is 0.474. The predicted octanol–water partition coefficient (Wildman–Crippen LogP) is 2.22. The van der Waals surface area contributed by atoms with Crippen LogP contribution in [0.4, 0.5) is 0 Å². The highest BCUT2D eigenvalue weighted by atomic mass is 16.5. The minimum Gasteiger partial charge on any atom is -0.478 e. The number of benzene rings is 1. The zero-order valence-electron chi connectivity index (χ0n) is 15.6. The number of aliphatic hydroxyl groups is 1. The Balaban J connectivity index is 2.21. The molecular formula is C19H27N3O3. The lowest BCUT2D eigenvalue weighted by atomic mass is 10.1. The zero-order valence-corrected chi connectivity index (χ0v) is 15.6. The number of carbonyl (C=O) groups is 1. The molecule has 0 saturated carbocycles. The molecule has 1 amide bonds. The van der Waals surface area contributed by atoms with Crippen molar-refractivity contribution in [3.05, 3.63) is 47.5 Å². The van der Waals surface area contributed by atoms with E-state index in [2.05, 4.69) is 4.98 Å². The summed E-state index contributed by atoms with van der Waals surface area (Å²) < 4.78 is 7.91. The van der Waals surface area contributed by atoms with Crippen LogP contribution in [0.2, 0.25) is 0 Å². The number of aryl methyl sites for hydroxylation is 2. The quantitative estimate of drug-likeness (QED) is 0.835. The average molecular weight is 345 g/mol. The first-order chi connectivity index (χ1) is 11.8. The van der Waals surface area contributed by atoms with Gasteiger partial charge in [0.15, 0.2) is 5.60 Å². The van der Waals surface area contributed by atoms with Crippen molar-refractivity contribution in [3.63, 3.8) is 0 Å². The summed E-state index contributed by atoms with van der Waals surface area (Å²) in [6, 6.07) is 5.80. The Bertz CT molecular complexity index is 737. The second-order valence-corrected chi connectivity index (χ2v) is 6.76. The third kappa shape index (κ3) is 4.39. The van der Waals surface area contributed by atoms with Crippen molar-refractivity contribution in [2.24, 2.45) is 7.05 Å². The van der Waals surface area contributed by atoms with E-state index in [-0.39, 0.29) is 19.1 Å². The Morgan fingerprint density at radius 1 is 1.36 bits per heavy atom. The Morgan fingerprint density at radius 2 is 2.08 bits per heavy atom. The van der Waals surface area contributed by atoms with Gasteiger partial charge in [0.1, 0.15) is 5.75 Å². The van der Waals surface area contributed by atoms with Crippen LogP contribution in [0.3, 0.4) is 0 Å². The topological polar surface area (TPSA) is 67.6 Å². The van der Waals surface area contributed by atoms with Crippen molar-refractivity contribution in [1.29, 1.82) is 0 Å². The highest BCUT2D eigenvalue weighted by Crippen LogP contribution is 2.26. The van der Waals surface area contributed by atoms with Crippen molar-refractivity contribution in [3.8, 4) is 5.75 Å². The van der Waals surface area contributed by atoms with Gasteiger partial charge in [-0.2, -0.15) is 0 Å². The van der Waals surface area contributed by atoms with Gasteiger partial charge in [0, 0.05) is 19.8 Å². The summed E-state index contributed by atoms with van der Waals surface area (Å²) in [4.78, 5) is 18.7. The summed E-state index contributed by atoms with van der Waals surface area (Å²) in [5.41, 5.74) is 1.97. The number of imidazole rings is 1. The van der Waals surface area contributed by atoms with E-state index in [0.717, 1.165) is 16.8 Å². The number of nitrogens with zero attached hydrogens (tertiary/aromatic N) is 3. The SMILES string of the molecule is Cc1cccc(OC(C)(C)C(=O)N(CCO)Cc2cncn2C)c1C. The lowest BCUT2D eigenvalue weighted by Gasteiger charge is -2.32. The van der Waals surface area contributed by atoms with E-state index in [4.69, 9.17) is 4.74 Å². The van der Waals surface area contributed by atoms with E-state index in [0.29, 0.717) is 12.3 Å². The molecule has 0 bridgehead atoms. The minimum absolute atomic E-state index is 0.108. The van der Waals surface area contributed by atoms with Crippen LogP contribution in [0.1, 0.15) is 30.7 Å². The van der Waals surface area contributed by atoms with Crippen molar-refractivity contribution in [1.82, 2.24) is 14.5 Å². The number of carbonyl (C=O) groups excluding carboxylic acids is 1. The maximum atomic E-state index is 13.1. The van der Waals surface area contributed by atoms with Gasteiger partial charge in [-0.15, -0.1) is 0 Å². The zero-order chi connectivity index (χ0) is 18.6. The van der Waals surface area contributed by atoms with Crippen LogP contribution in [0.5, 0.6) is 5.75 Å². The number of aliphatic hydroxyl groups excluding tert-OH is 1. The summed E-state index contributed by atoms with van der Waals surface area (Å²) in [7, 11) is 1.88. The first kappa shape index (κ1) is 19.0. The molecule has 0 atom stereocenters. The van der Waals surface area contributed by atoms with Crippen LogP contribution in [-0.2, 0) is 18.4 Å². The highest BCUT2D eigenvalue weighted by Gasteiger charge is 2.35. The second-order valence-electron chi connectivity index (χ2n) is 6.76. The van der Waals surface area contributed by atoms with Gasteiger partial charge < -0.3 is 19.3 Å². The molecule has 0 aliphatic rings. The molecule has 2 aromatic rings. The van der Waals surface area contributed by atoms with Gasteiger partial charge in [0.05, 0.1) is 25.2 Å². The summed E-state index contributed by atoms with van der Waals surface area (Å²) >= 11 is 0. The highest BCUT2D eigenvalue weighted by molar-refractivity contribution is 5.84. The standard InChI is InChI=1S/C19H27N3O3/c1-14-7-6-8-17(15(14)2)25-19(3,4)18(24)22(9-10-23)12-16-11-20-13-21(16)5/h6-8,11,13,23H,9-10,12H2,1-5H3. The molecule has 0 radical (unpaired) electrons. The third-order valence-electron chi connectivity index (χ3n) is 4.36. The molecule has 25 heavy (non-hydrogen) atoms. The monoisotopic (exact) mass is 345 g/mol. The predicted molar refractivity (Wildman–Crippen MR) is 96.3 cm³/mol. The van der Waals surface area contributed by atoms with Crippen molar-refractivity contribution >= 4 is 5.91 Å². The molecule has 0 fully saturated rings. The molecule has 1 aromatic heterocycles. The molecule has 0 aliphatic carbocycles. The molecule has 136 valence electrons. The molecule has 1 N–H and O–H groups in total. The van der Waals surface area contributed by atoms with E-state index in [1.54, 1.807) is 31.3 Å². The van der Waals surface area contributed by atoms with E-state index < -0.39 is 5.60 Å². The van der Waals surface area contributed by atoms with E-state index in [1.807, 2.05) is 43.7 Å². The Morgan fingerprint density at radius 3 is 2.68 bits per heavy atom. The van der Waals surface area contributed by atoms with Crippen LogP contribution < -0.4 is 4.74 Å². The van der Waals surface area contributed by atoms with Crippen LogP contribution in [-0.4, -0.2) is 44.2 Å². The van der Waals surface area contributed by atoms with Gasteiger partial charge in [0.2, 0.25) is 0 Å². The minimum atomic E-state index is -1.05. The Kier molecular flexibility index (Phi) is 5.85. The lowest BCUT2D eigenvalue weighted by molar-refractivity contribution is -0.146. The maximum absolute atomic E-state index is 13.1. The Labute approximate surface area is 149 Å². The van der Waals surface area contributed by atoms with Gasteiger partial charge in [0.25, 0.3) is 5.91 Å². The van der Waals surface area contributed by atoms with Gasteiger partial charge >= 0.3 is 0 Å². The average Bonchev–Trinajstić information content (AvgIpc) is 2.95. The molecule has 0 unspecified atom stereocenters. The molecule has 0 spiro atoms. The number of aromatic nitrogens is 2. The number of hydrogen-bond acceptors (Lipinski definition) is 4. The smallest absolute Gasteiger partial charge is 0.266 e. The summed E-state index contributed by atoms with van der Waals surface area (Å²) in [5, 5.41) is 9.36. The summed E-state index contributed by atoms with van der Waals surface area (Å²) in [6.07, 6.45) is 3.41. The van der Waals surface area contributed by atoms with Gasteiger partial charge in [-0.3, -0.25) is 4.79 Å². The number of hydrogen-bond donors (Lipinski definition) is 1. The van der Waals surface area contributed by atoms with Gasteiger partial charge in [-0.05, 0) is 44.9 Å². The lowest BCUT2D eigenvalue weighted by Crippen LogP contribution is -2.49. The normalized spacial score (nSPS) is 11.4. The largest absolute Gasteiger partial charge is 0.478 e. The van der Waals surface area contributed by atoms with E-state index in [9.17, 15) is 9.90 Å². The first-order valence-electron chi connectivity index (χ1n) is 8.37. The van der Waals surface area contributed by atoms with Crippen LogP contribution >= 0.6 is 0 Å². The van der Waals surface area contributed by atoms with E-state index >= 15 is 0 Å². The maximum Gasteiger partial charge on any atom is 0.266 e. The first-order valence-corrected chi connectivity index (χ1v) is 8.37. The molecular weight excluding hydrogens is 318 g/mol. The van der Waals surface area contributed by atoms with Gasteiger partial charge in [-0.25, -0.2) is 4.98 Å². The molecule has 2 rings (SSSR count).